The molecule has 0 aromatic heterocycles. The topological polar surface area (TPSA) is 18.5 Å². The third-order valence-electron chi connectivity index (χ3n) is 0.898. The normalized spacial score (nSPS) is 13.7. The molecule has 2 heteroatoms. The highest BCUT2D eigenvalue weighted by atomic mass is 16.7. The zero-order valence-electron chi connectivity index (χ0n) is 6.22. The van der Waals surface area contributed by atoms with Crippen LogP contribution in [0.25, 0.3) is 0 Å². The lowest BCUT2D eigenvalue weighted by Crippen LogP contribution is -2.12. The fraction of sp³-hybridized carbons (Fsp3) is 0.857. The zero-order valence-corrected chi connectivity index (χ0v) is 6.22. The highest BCUT2D eigenvalue weighted by molar-refractivity contribution is 4.36. The van der Waals surface area contributed by atoms with Gasteiger partial charge in [-0.1, -0.05) is 6.92 Å². The summed E-state index contributed by atoms with van der Waals surface area (Å²) in [6.45, 7) is 8.86. The molecule has 1 radical (unpaired) electrons. The van der Waals surface area contributed by atoms with E-state index in [4.69, 9.17) is 9.47 Å². The highest BCUT2D eigenvalue weighted by Gasteiger charge is 1.96. The van der Waals surface area contributed by atoms with E-state index >= 15 is 0 Å². The van der Waals surface area contributed by atoms with Crippen LogP contribution in [0, 0.1) is 6.92 Å². The van der Waals surface area contributed by atoms with Gasteiger partial charge in [-0.3, -0.25) is 0 Å². The molecule has 55 valence electrons. The van der Waals surface area contributed by atoms with Crippen LogP contribution < -0.4 is 0 Å². The van der Waals surface area contributed by atoms with E-state index in [1.165, 1.54) is 0 Å². The van der Waals surface area contributed by atoms with E-state index < -0.39 is 0 Å². The molecule has 0 fully saturated rings. The van der Waals surface area contributed by atoms with Crippen LogP contribution in [0.15, 0.2) is 0 Å². The summed E-state index contributed by atoms with van der Waals surface area (Å²) >= 11 is 0. The Kier molecular flexibility index (Phi) is 5.99. The van der Waals surface area contributed by atoms with E-state index in [1.54, 1.807) is 0 Å². The van der Waals surface area contributed by atoms with Crippen molar-refractivity contribution >= 4 is 0 Å². The Hall–Kier alpha value is -0.0800. The second kappa shape index (κ2) is 6.05. The van der Waals surface area contributed by atoms with Crippen LogP contribution in [0.1, 0.15) is 20.3 Å². The van der Waals surface area contributed by atoms with Crippen LogP contribution >= 0.6 is 0 Å². The lowest BCUT2D eigenvalue weighted by Gasteiger charge is -2.10. The average Bonchev–Trinajstić information content (AvgIpc) is 1.85. The molecule has 1 unspecified atom stereocenters. The minimum Gasteiger partial charge on any atom is -0.353 e. The summed E-state index contributed by atoms with van der Waals surface area (Å²) in [5, 5.41) is 0. The van der Waals surface area contributed by atoms with Crippen LogP contribution in [0.4, 0.5) is 0 Å². The molecule has 1 atom stereocenters. The lowest BCUT2D eigenvalue weighted by atomic mass is 10.5. The lowest BCUT2D eigenvalue weighted by molar-refractivity contribution is -0.125. The van der Waals surface area contributed by atoms with Gasteiger partial charge in [-0.15, -0.1) is 0 Å². The number of ether oxygens (including phenoxy) is 2. The predicted octanol–water partition coefficient (Wildman–Crippen LogP) is 1.61. The van der Waals surface area contributed by atoms with Gasteiger partial charge in [-0.05, 0) is 20.3 Å². The number of hydrogen-bond acceptors (Lipinski definition) is 2. The van der Waals surface area contributed by atoms with Crippen LogP contribution in [-0.2, 0) is 9.47 Å². The summed E-state index contributed by atoms with van der Waals surface area (Å²) < 4.78 is 10.2. The van der Waals surface area contributed by atoms with Crippen molar-refractivity contribution in [3.63, 3.8) is 0 Å². The number of hydrogen-bond donors (Lipinski definition) is 0. The first kappa shape index (κ1) is 8.92. The monoisotopic (exact) mass is 131 g/mol. The minimum atomic E-state index is -0.0725. The van der Waals surface area contributed by atoms with Crippen molar-refractivity contribution in [1.82, 2.24) is 0 Å². The SMILES string of the molecule is [CH2]CCOC(C)OCC. The molecule has 0 aromatic carbocycles. The molecular formula is C7H15O2. The van der Waals surface area contributed by atoms with Crippen molar-refractivity contribution in [2.24, 2.45) is 0 Å². The maximum atomic E-state index is 5.15. The molecule has 0 amide bonds. The Bertz CT molecular complexity index is 54.9. The maximum absolute atomic E-state index is 5.15. The molecule has 0 bridgehead atoms. The highest BCUT2D eigenvalue weighted by Crippen LogP contribution is 1.92. The summed E-state index contributed by atoms with van der Waals surface area (Å²) in [6, 6.07) is 0. The molecule has 0 spiro atoms. The fourth-order valence-electron chi connectivity index (χ4n) is 0.532. The van der Waals surface area contributed by atoms with E-state index in [2.05, 4.69) is 6.92 Å². The van der Waals surface area contributed by atoms with E-state index in [9.17, 15) is 0 Å². The Labute approximate surface area is 57.2 Å². The third-order valence-corrected chi connectivity index (χ3v) is 0.898. The largest absolute Gasteiger partial charge is 0.353 e. The molecular weight excluding hydrogens is 116 g/mol. The molecule has 0 saturated carbocycles. The van der Waals surface area contributed by atoms with Gasteiger partial charge in [0, 0.05) is 13.2 Å². The van der Waals surface area contributed by atoms with Gasteiger partial charge < -0.3 is 9.47 Å². The molecule has 0 aliphatic heterocycles. The van der Waals surface area contributed by atoms with Crippen LogP contribution in [0.5, 0.6) is 0 Å². The molecule has 0 saturated heterocycles. The molecule has 0 aromatic rings. The Morgan fingerprint density at radius 2 is 2.11 bits per heavy atom. The van der Waals surface area contributed by atoms with Crippen LogP contribution in [-0.4, -0.2) is 19.5 Å². The summed E-state index contributed by atoms with van der Waals surface area (Å²) in [5.74, 6) is 0. The summed E-state index contributed by atoms with van der Waals surface area (Å²) in [4.78, 5) is 0. The van der Waals surface area contributed by atoms with Gasteiger partial charge in [0.05, 0.1) is 0 Å². The van der Waals surface area contributed by atoms with Gasteiger partial charge in [0.2, 0.25) is 0 Å². The Morgan fingerprint density at radius 3 is 2.56 bits per heavy atom. The molecule has 0 aliphatic carbocycles. The van der Waals surface area contributed by atoms with Crippen LogP contribution in [0.3, 0.4) is 0 Å². The van der Waals surface area contributed by atoms with Crippen molar-refractivity contribution in [3.05, 3.63) is 6.92 Å². The molecule has 0 heterocycles. The third kappa shape index (κ3) is 5.80. The van der Waals surface area contributed by atoms with E-state index in [1.807, 2.05) is 13.8 Å². The molecule has 0 N–H and O–H groups in total. The fourth-order valence-corrected chi connectivity index (χ4v) is 0.532. The standard InChI is InChI=1S/C7H15O2/c1-4-6-9-7(3)8-5-2/h7H,1,4-6H2,2-3H3. The van der Waals surface area contributed by atoms with Crippen molar-refractivity contribution in [3.8, 4) is 0 Å². The van der Waals surface area contributed by atoms with Gasteiger partial charge in [0.15, 0.2) is 6.29 Å². The van der Waals surface area contributed by atoms with Gasteiger partial charge in [-0.25, -0.2) is 0 Å². The van der Waals surface area contributed by atoms with Gasteiger partial charge >= 0.3 is 0 Å². The van der Waals surface area contributed by atoms with E-state index in [-0.39, 0.29) is 6.29 Å². The van der Waals surface area contributed by atoms with Crippen molar-refractivity contribution in [2.75, 3.05) is 13.2 Å². The molecule has 2 nitrogen and oxygen atoms in total. The second-order valence-electron chi connectivity index (χ2n) is 1.75. The smallest absolute Gasteiger partial charge is 0.154 e. The molecule has 0 aliphatic rings. The van der Waals surface area contributed by atoms with E-state index in [0.717, 1.165) is 6.42 Å². The van der Waals surface area contributed by atoms with Crippen LogP contribution in [0.2, 0.25) is 0 Å². The van der Waals surface area contributed by atoms with Gasteiger partial charge in [0.1, 0.15) is 0 Å². The predicted molar refractivity (Wildman–Crippen MR) is 37.0 cm³/mol. The Balaban J connectivity index is 2.95. The minimum absolute atomic E-state index is 0.0725. The maximum Gasteiger partial charge on any atom is 0.154 e. The molecule has 0 rings (SSSR count). The van der Waals surface area contributed by atoms with Crippen molar-refractivity contribution < 1.29 is 9.47 Å². The van der Waals surface area contributed by atoms with Crippen molar-refractivity contribution in [1.29, 1.82) is 0 Å². The summed E-state index contributed by atoms with van der Waals surface area (Å²) in [7, 11) is 0. The zero-order chi connectivity index (χ0) is 7.11. The first-order chi connectivity index (χ1) is 4.31. The second-order valence-corrected chi connectivity index (χ2v) is 1.75. The first-order valence-corrected chi connectivity index (χ1v) is 3.33. The van der Waals surface area contributed by atoms with Gasteiger partial charge in [0.25, 0.3) is 0 Å². The number of rotatable bonds is 5. The van der Waals surface area contributed by atoms with E-state index in [0.29, 0.717) is 13.2 Å². The Morgan fingerprint density at radius 1 is 1.44 bits per heavy atom. The summed E-state index contributed by atoms with van der Waals surface area (Å²) in [6.07, 6.45) is 0.731. The van der Waals surface area contributed by atoms with Gasteiger partial charge in [-0.2, -0.15) is 0 Å². The summed E-state index contributed by atoms with van der Waals surface area (Å²) in [5.41, 5.74) is 0. The molecule has 9 heavy (non-hydrogen) atoms. The first-order valence-electron chi connectivity index (χ1n) is 3.33. The average molecular weight is 131 g/mol. The quantitative estimate of drug-likeness (QED) is 0.528. The van der Waals surface area contributed by atoms with Crippen molar-refractivity contribution in [2.45, 2.75) is 26.6 Å².